The van der Waals surface area contributed by atoms with Crippen molar-refractivity contribution in [1.82, 2.24) is 0 Å². The maximum atomic E-state index is 13.1. The number of carbonyl (C=O) groups excluding carboxylic acids is 1. The number of hydrogen-bond acceptors (Lipinski definition) is 2. The van der Waals surface area contributed by atoms with Crippen LogP contribution >= 0.6 is 0 Å². The van der Waals surface area contributed by atoms with E-state index in [1.807, 2.05) is 103 Å². The number of carbonyl (C=O) groups is 1. The number of rotatable bonds is 6. The van der Waals surface area contributed by atoms with Gasteiger partial charge >= 0.3 is 0 Å². The minimum Gasteiger partial charge on any atom is -0.488 e. The molecule has 0 atom stereocenters. The minimum absolute atomic E-state index is 0.0660. The van der Waals surface area contributed by atoms with Crippen LogP contribution in [0, 0.1) is 0 Å². The molecule has 0 spiro atoms. The molecule has 4 aromatic carbocycles. The highest BCUT2D eigenvalue weighted by Crippen LogP contribution is 2.29. The van der Waals surface area contributed by atoms with E-state index >= 15 is 0 Å². The molecule has 4 rings (SSSR count). The highest BCUT2D eigenvalue weighted by molar-refractivity contribution is 6.16. The van der Waals surface area contributed by atoms with Gasteiger partial charge in [0.2, 0.25) is 0 Å². The van der Waals surface area contributed by atoms with E-state index in [0.717, 1.165) is 21.9 Å². The lowest BCUT2D eigenvalue weighted by atomic mass is 9.99. The first-order valence-electron chi connectivity index (χ1n) is 9.27. The summed E-state index contributed by atoms with van der Waals surface area (Å²) in [6.45, 7) is 0.419. The van der Waals surface area contributed by atoms with Gasteiger partial charge in [-0.2, -0.15) is 0 Å². The van der Waals surface area contributed by atoms with Crippen molar-refractivity contribution in [3.8, 4) is 5.75 Å². The van der Waals surface area contributed by atoms with E-state index in [-0.39, 0.29) is 5.78 Å². The Bertz CT molecular complexity index is 1110. The average molecular weight is 364 g/mol. The van der Waals surface area contributed by atoms with E-state index in [1.54, 1.807) is 6.08 Å². The Kier molecular flexibility index (Phi) is 5.30. The van der Waals surface area contributed by atoms with Gasteiger partial charge in [0.25, 0.3) is 0 Å². The summed E-state index contributed by atoms with van der Waals surface area (Å²) in [5.74, 6) is 0.536. The first kappa shape index (κ1) is 17.7. The second-order valence-corrected chi connectivity index (χ2v) is 6.54. The summed E-state index contributed by atoms with van der Waals surface area (Å²) in [4.78, 5) is 13.1. The van der Waals surface area contributed by atoms with Crippen LogP contribution in [-0.2, 0) is 6.61 Å². The molecule has 0 aliphatic heterocycles. The van der Waals surface area contributed by atoms with Crippen LogP contribution in [0.25, 0.3) is 16.8 Å². The third kappa shape index (κ3) is 4.02. The monoisotopic (exact) mass is 364 g/mol. The molecule has 136 valence electrons. The van der Waals surface area contributed by atoms with Crippen LogP contribution in [0.5, 0.6) is 5.75 Å². The van der Waals surface area contributed by atoms with Crippen LogP contribution in [-0.4, -0.2) is 5.78 Å². The van der Waals surface area contributed by atoms with Gasteiger partial charge in [-0.25, -0.2) is 0 Å². The zero-order valence-corrected chi connectivity index (χ0v) is 15.4. The van der Waals surface area contributed by atoms with Crippen LogP contribution in [0.3, 0.4) is 0 Å². The first-order valence-corrected chi connectivity index (χ1v) is 9.27. The highest BCUT2D eigenvalue weighted by atomic mass is 16.5. The lowest BCUT2D eigenvalue weighted by molar-refractivity contribution is 0.104. The van der Waals surface area contributed by atoms with Gasteiger partial charge in [0.15, 0.2) is 5.78 Å². The third-order valence-electron chi connectivity index (χ3n) is 4.60. The Morgan fingerprint density at radius 2 is 1.43 bits per heavy atom. The Morgan fingerprint density at radius 3 is 2.21 bits per heavy atom. The van der Waals surface area contributed by atoms with Crippen LogP contribution < -0.4 is 4.74 Å². The molecule has 0 heterocycles. The SMILES string of the molecule is O=C(C=Cc1ccccc1)c1c(OCc2ccccc2)ccc2ccccc12. The summed E-state index contributed by atoms with van der Waals surface area (Å²) in [5, 5.41) is 1.92. The molecule has 0 bridgehead atoms. The smallest absolute Gasteiger partial charge is 0.190 e. The Labute approximate surface area is 164 Å². The van der Waals surface area contributed by atoms with Crippen molar-refractivity contribution in [3.63, 3.8) is 0 Å². The maximum Gasteiger partial charge on any atom is 0.190 e. The zero-order chi connectivity index (χ0) is 19.2. The van der Waals surface area contributed by atoms with Gasteiger partial charge < -0.3 is 4.74 Å². The molecular formula is C26H20O2. The van der Waals surface area contributed by atoms with Gasteiger partial charge in [0.05, 0.1) is 5.56 Å². The Hall–Kier alpha value is -3.65. The molecule has 0 radical (unpaired) electrons. The molecule has 0 saturated carbocycles. The summed E-state index contributed by atoms with van der Waals surface area (Å²) in [5.41, 5.74) is 2.65. The predicted octanol–water partition coefficient (Wildman–Crippen LogP) is 6.31. The van der Waals surface area contributed by atoms with E-state index in [4.69, 9.17) is 4.74 Å². The van der Waals surface area contributed by atoms with Crippen LogP contribution in [0.1, 0.15) is 21.5 Å². The van der Waals surface area contributed by atoms with Crippen LogP contribution in [0.15, 0.2) is 103 Å². The topological polar surface area (TPSA) is 26.3 Å². The van der Waals surface area contributed by atoms with Crippen molar-refractivity contribution in [2.45, 2.75) is 6.61 Å². The molecule has 0 saturated heterocycles. The lowest BCUT2D eigenvalue weighted by Crippen LogP contribution is -2.03. The van der Waals surface area contributed by atoms with E-state index in [9.17, 15) is 4.79 Å². The Morgan fingerprint density at radius 1 is 0.750 bits per heavy atom. The number of ketones is 1. The second kappa shape index (κ2) is 8.36. The Balaban J connectivity index is 1.69. The highest BCUT2D eigenvalue weighted by Gasteiger charge is 2.15. The molecular weight excluding hydrogens is 344 g/mol. The normalized spacial score (nSPS) is 11.0. The number of fused-ring (bicyclic) bond motifs is 1. The van der Waals surface area contributed by atoms with Crippen LogP contribution in [0.2, 0.25) is 0 Å². The summed E-state index contributed by atoms with van der Waals surface area (Å²) < 4.78 is 6.05. The van der Waals surface area contributed by atoms with Gasteiger partial charge in [0, 0.05) is 0 Å². The van der Waals surface area contributed by atoms with E-state index in [1.165, 1.54) is 0 Å². The number of benzene rings is 4. The number of ether oxygens (including phenoxy) is 1. The van der Waals surface area contributed by atoms with E-state index in [0.29, 0.717) is 17.9 Å². The molecule has 0 unspecified atom stereocenters. The molecule has 28 heavy (non-hydrogen) atoms. The van der Waals surface area contributed by atoms with Gasteiger partial charge in [-0.3, -0.25) is 4.79 Å². The van der Waals surface area contributed by atoms with Crippen molar-refractivity contribution in [1.29, 1.82) is 0 Å². The molecule has 0 N–H and O–H groups in total. The van der Waals surface area contributed by atoms with Crippen molar-refractivity contribution in [3.05, 3.63) is 120 Å². The summed E-state index contributed by atoms with van der Waals surface area (Å²) in [7, 11) is 0. The molecule has 0 aromatic heterocycles. The fraction of sp³-hybridized carbons (Fsp3) is 0.0385. The van der Waals surface area contributed by atoms with Crippen molar-refractivity contribution in [2.24, 2.45) is 0 Å². The first-order chi connectivity index (χ1) is 13.8. The summed E-state index contributed by atoms with van der Waals surface area (Å²) >= 11 is 0. The molecule has 0 aliphatic carbocycles. The number of hydrogen-bond donors (Lipinski definition) is 0. The molecule has 4 aromatic rings. The molecule has 2 heteroatoms. The number of allylic oxidation sites excluding steroid dienone is 1. The second-order valence-electron chi connectivity index (χ2n) is 6.54. The quantitative estimate of drug-likeness (QED) is 0.296. The fourth-order valence-electron chi connectivity index (χ4n) is 3.18. The lowest BCUT2D eigenvalue weighted by Gasteiger charge is -2.13. The molecule has 2 nitrogen and oxygen atoms in total. The minimum atomic E-state index is -0.0660. The largest absolute Gasteiger partial charge is 0.488 e. The van der Waals surface area contributed by atoms with E-state index < -0.39 is 0 Å². The van der Waals surface area contributed by atoms with Crippen molar-refractivity contribution < 1.29 is 9.53 Å². The zero-order valence-electron chi connectivity index (χ0n) is 15.4. The average Bonchev–Trinajstić information content (AvgIpc) is 2.77. The molecule has 0 amide bonds. The van der Waals surface area contributed by atoms with Crippen molar-refractivity contribution >= 4 is 22.6 Å². The van der Waals surface area contributed by atoms with E-state index in [2.05, 4.69) is 0 Å². The molecule has 0 aliphatic rings. The van der Waals surface area contributed by atoms with Crippen molar-refractivity contribution in [2.75, 3.05) is 0 Å². The predicted molar refractivity (Wildman–Crippen MR) is 115 cm³/mol. The molecule has 0 fully saturated rings. The fourth-order valence-corrected chi connectivity index (χ4v) is 3.18. The van der Waals surface area contributed by atoms with Gasteiger partial charge in [0.1, 0.15) is 12.4 Å². The summed E-state index contributed by atoms with van der Waals surface area (Å²) in [6, 6.07) is 31.5. The third-order valence-corrected chi connectivity index (χ3v) is 4.60. The van der Waals surface area contributed by atoms with Gasteiger partial charge in [-0.15, -0.1) is 0 Å². The van der Waals surface area contributed by atoms with Gasteiger partial charge in [-0.05, 0) is 34.0 Å². The van der Waals surface area contributed by atoms with Gasteiger partial charge in [-0.1, -0.05) is 97.1 Å². The van der Waals surface area contributed by atoms with Crippen LogP contribution in [0.4, 0.5) is 0 Å². The maximum absolute atomic E-state index is 13.1. The standard InChI is InChI=1S/C26H20O2/c27-24(17-15-20-9-3-1-4-10-20)26-23-14-8-7-13-22(23)16-18-25(26)28-19-21-11-5-2-6-12-21/h1-18H,19H2. The summed E-state index contributed by atoms with van der Waals surface area (Å²) in [6.07, 6.45) is 3.46.